The Morgan fingerprint density at radius 3 is 1.65 bits per heavy atom. The molecule has 0 saturated heterocycles. The van der Waals surface area contributed by atoms with Crippen molar-refractivity contribution in [2.45, 2.75) is 6.92 Å². The number of furan rings is 1. The van der Waals surface area contributed by atoms with E-state index in [4.69, 9.17) is 109 Å². The first-order chi connectivity index (χ1) is 30.1. The summed E-state index contributed by atoms with van der Waals surface area (Å²) in [5.74, 6) is 0.392. The third-order valence-electron chi connectivity index (χ3n) is 11.7. The summed E-state index contributed by atoms with van der Waals surface area (Å²) in [7, 11) is 79.1. The van der Waals surface area contributed by atoms with Gasteiger partial charge in [-0.25, -0.2) is 9.98 Å². The third kappa shape index (κ3) is 6.62. The van der Waals surface area contributed by atoms with E-state index in [2.05, 4.69) is 24.8 Å². The zero-order valence-electron chi connectivity index (χ0n) is 34.1. The van der Waals surface area contributed by atoms with E-state index >= 15 is 0 Å². The molecule has 0 amide bonds. The zero-order valence-corrected chi connectivity index (χ0v) is 34.1. The van der Waals surface area contributed by atoms with Gasteiger partial charge in [0.25, 0.3) is 0 Å². The van der Waals surface area contributed by atoms with E-state index in [9.17, 15) is 0 Å². The molecular formula is C47H21B12N3O. The molecule has 7 aromatic carbocycles. The standard InChI is InChI=1S/C47H21B12N3O/c1-19(23-16-17-25-27(18-23)63-26-15-9-14-24(28(25)26)21-10-5-3-6-11-21)60-47(22-12-7-4-8-13-22)61-20(2)62-45-31(32-37(52)40(55)42(57)44(59)46(32)62)33(48)29(36(51)43(45)58)30-34(49)38(53)41(56)39(54)35(30)50/h3-18H,2H2,1H3/b60-19?,61-47-. The van der Waals surface area contributed by atoms with Gasteiger partial charge in [0.1, 0.15) is 111 Å². The topological polar surface area (TPSA) is 42.8 Å². The minimum Gasteiger partial charge on any atom is -0.456 e. The fourth-order valence-electron chi connectivity index (χ4n) is 8.38. The Morgan fingerprint density at radius 1 is 0.476 bits per heavy atom. The van der Waals surface area contributed by atoms with E-state index in [0.29, 0.717) is 28.1 Å². The smallest absolute Gasteiger partial charge is 0.161 e. The second-order valence-electron chi connectivity index (χ2n) is 15.3. The lowest BCUT2D eigenvalue weighted by atomic mass is 9.57. The van der Waals surface area contributed by atoms with Gasteiger partial charge in [0.15, 0.2) is 5.84 Å². The largest absolute Gasteiger partial charge is 0.456 e. The van der Waals surface area contributed by atoms with Crippen LogP contribution in [0.15, 0.2) is 118 Å². The summed E-state index contributed by atoms with van der Waals surface area (Å²) in [6.07, 6.45) is 0. The van der Waals surface area contributed by atoms with Crippen molar-refractivity contribution in [1.82, 2.24) is 4.57 Å². The predicted molar refractivity (Wildman–Crippen MR) is 279 cm³/mol. The molecule has 0 aliphatic rings. The second kappa shape index (κ2) is 16.0. The highest BCUT2D eigenvalue weighted by molar-refractivity contribution is 6.72. The average Bonchev–Trinajstić information content (AvgIpc) is 3.86. The second-order valence-corrected chi connectivity index (χ2v) is 15.3. The minimum absolute atomic E-state index is 0.00518. The molecule has 0 saturated carbocycles. The van der Waals surface area contributed by atoms with Crippen LogP contribution in [-0.2, 0) is 0 Å². The van der Waals surface area contributed by atoms with Crippen molar-refractivity contribution in [3.05, 3.63) is 115 Å². The van der Waals surface area contributed by atoms with Gasteiger partial charge >= 0.3 is 0 Å². The first-order valence-electron chi connectivity index (χ1n) is 19.6. The SMILES string of the molecule is [B]c1c([B])c([B])c(-c2c([B])c([B])c3c(c2[B])c2c([B])c([B])c([B])c([B])c2n3C(=C)/N=C(\N=C(C)c2ccc3c(c2)oc2cccc(-c4ccccc4)c23)c2ccccc2)c([B])c1[B]. The number of aliphatic imine (C=N–C) groups is 2. The van der Waals surface area contributed by atoms with Crippen LogP contribution in [0.5, 0.6) is 0 Å². The first kappa shape index (κ1) is 42.3. The number of hydrogen-bond acceptors (Lipinski definition) is 2. The lowest BCUT2D eigenvalue weighted by molar-refractivity contribution is 0.669. The van der Waals surface area contributed by atoms with Crippen LogP contribution in [0.3, 0.4) is 0 Å². The van der Waals surface area contributed by atoms with Gasteiger partial charge in [0, 0.05) is 38.5 Å². The molecule has 9 rings (SSSR count). The van der Waals surface area contributed by atoms with E-state index in [1.54, 1.807) is 4.57 Å². The molecular weight excluding hydrogens is 752 g/mol. The number of fused-ring (bicyclic) bond motifs is 6. The van der Waals surface area contributed by atoms with Crippen LogP contribution >= 0.6 is 0 Å². The highest BCUT2D eigenvalue weighted by atomic mass is 16.3. The highest BCUT2D eigenvalue weighted by Crippen LogP contribution is 2.37. The fraction of sp³-hybridized carbons (Fsp3) is 0.0213. The van der Waals surface area contributed by atoms with Crippen LogP contribution in [0.4, 0.5) is 0 Å². The van der Waals surface area contributed by atoms with Gasteiger partial charge in [0.05, 0.1) is 0 Å². The maximum absolute atomic E-state index is 7.07. The van der Waals surface area contributed by atoms with Crippen LogP contribution in [-0.4, -0.2) is 110 Å². The normalized spacial score (nSPS) is 12.3. The van der Waals surface area contributed by atoms with Gasteiger partial charge in [-0.05, 0) is 58.3 Å². The Labute approximate surface area is 381 Å². The molecule has 9 aromatic rings. The Hall–Kier alpha value is -6.00. The van der Waals surface area contributed by atoms with Gasteiger partial charge < -0.3 is 4.42 Å². The highest BCUT2D eigenvalue weighted by Gasteiger charge is 2.26. The van der Waals surface area contributed by atoms with Crippen molar-refractivity contribution in [2.24, 2.45) is 9.98 Å². The molecule has 63 heavy (non-hydrogen) atoms. The van der Waals surface area contributed by atoms with E-state index in [1.165, 1.54) is 0 Å². The van der Waals surface area contributed by atoms with Crippen molar-refractivity contribution in [1.29, 1.82) is 0 Å². The van der Waals surface area contributed by atoms with Gasteiger partial charge in [-0.15, -0.1) is 27.3 Å². The maximum Gasteiger partial charge on any atom is 0.161 e. The monoisotopic (exact) mass is 775 g/mol. The van der Waals surface area contributed by atoms with Crippen molar-refractivity contribution in [2.75, 3.05) is 0 Å². The molecule has 0 spiro atoms. The van der Waals surface area contributed by atoms with Crippen molar-refractivity contribution >= 4 is 221 Å². The lowest BCUT2D eigenvalue weighted by Gasteiger charge is -2.26. The van der Waals surface area contributed by atoms with Gasteiger partial charge in [0.2, 0.25) is 0 Å². The van der Waals surface area contributed by atoms with E-state index in [1.807, 2.05) is 85.8 Å². The number of amidine groups is 1. The Morgan fingerprint density at radius 2 is 1.00 bits per heavy atom. The van der Waals surface area contributed by atoms with E-state index in [-0.39, 0.29) is 98.9 Å². The average molecular weight is 773 g/mol. The fourth-order valence-corrected chi connectivity index (χ4v) is 8.38. The lowest BCUT2D eigenvalue weighted by Crippen LogP contribution is -2.56. The molecule has 0 aliphatic carbocycles. The zero-order chi connectivity index (χ0) is 44.8. The summed E-state index contributed by atoms with van der Waals surface area (Å²) >= 11 is 0. The molecule has 0 N–H and O–H groups in total. The predicted octanol–water partition coefficient (Wildman–Crippen LogP) is -2.06. The van der Waals surface area contributed by atoms with Crippen molar-refractivity contribution in [3.63, 3.8) is 0 Å². The van der Waals surface area contributed by atoms with E-state index in [0.717, 1.165) is 33.0 Å². The van der Waals surface area contributed by atoms with Gasteiger partial charge in [-0.1, -0.05) is 124 Å². The number of nitrogens with zero attached hydrogens (tertiary/aromatic N) is 3. The molecule has 2 aromatic heterocycles. The Balaban J connectivity index is 1.26. The molecule has 0 bridgehead atoms. The van der Waals surface area contributed by atoms with E-state index < -0.39 is 0 Å². The molecule has 0 aliphatic heterocycles. The van der Waals surface area contributed by atoms with Gasteiger partial charge in [-0.3, -0.25) is 4.57 Å². The molecule has 2 heterocycles. The molecule has 266 valence electrons. The molecule has 0 fully saturated rings. The molecule has 4 nitrogen and oxygen atoms in total. The van der Waals surface area contributed by atoms with Crippen LogP contribution in [0.1, 0.15) is 18.1 Å². The quantitative estimate of drug-likeness (QED) is 0.109. The Kier molecular flexibility index (Phi) is 10.7. The maximum atomic E-state index is 7.07. The van der Waals surface area contributed by atoms with Crippen LogP contribution in [0, 0.1) is 0 Å². The summed E-state index contributed by atoms with van der Waals surface area (Å²) in [4.78, 5) is 10.1. The van der Waals surface area contributed by atoms with Crippen LogP contribution in [0.25, 0.3) is 71.8 Å². The van der Waals surface area contributed by atoms with Crippen molar-refractivity contribution < 1.29 is 4.42 Å². The van der Waals surface area contributed by atoms with Crippen LogP contribution in [0.2, 0.25) is 0 Å². The third-order valence-corrected chi connectivity index (χ3v) is 11.7. The number of aromatic nitrogens is 1. The summed E-state index contributed by atoms with van der Waals surface area (Å²) in [5, 5.41) is 2.57. The number of rotatable bonds is 6. The molecule has 24 radical (unpaired) electrons. The number of benzene rings is 7. The summed E-state index contributed by atoms with van der Waals surface area (Å²) < 4.78 is 8.00. The molecule has 16 heteroatoms. The molecule has 0 atom stereocenters. The summed E-state index contributed by atoms with van der Waals surface area (Å²) in [6.45, 7) is 6.29. The minimum atomic E-state index is -0.0186. The Bertz CT molecular complexity index is 3470. The van der Waals surface area contributed by atoms with Crippen molar-refractivity contribution in [3.8, 4) is 22.3 Å². The summed E-state index contributed by atoms with van der Waals surface area (Å²) in [5.41, 5.74) is 6.67. The summed E-state index contributed by atoms with van der Waals surface area (Å²) in [6, 6.07) is 31.7. The molecule has 0 unspecified atom stereocenters. The first-order valence-corrected chi connectivity index (χ1v) is 19.6. The van der Waals surface area contributed by atoms with Crippen LogP contribution < -0.4 is 65.6 Å². The van der Waals surface area contributed by atoms with Gasteiger partial charge in [-0.2, -0.15) is 0 Å². The number of hydrogen-bond donors (Lipinski definition) is 0.